The lowest BCUT2D eigenvalue weighted by Gasteiger charge is -2.19. The summed E-state index contributed by atoms with van der Waals surface area (Å²) in [7, 11) is -1.36. The first-order valence-electron chi connectivity index (χ1n) is 11.8. The van der Waals surface area contributed by atoms with Crippen LogP contribution in [0, 0.1) is 0 Å². The van der Waals surface area contributed by atoms with E-state index in [-0.39, 0.29) is 33.9 Å². The van der Waals surface area contributed by atoms with E-state index in [1.165, 1.54) is 43.4 Å². The van der Waals surface area contributed by atoms with E-state index in [1.807, 2.05) is 36.4 Å². The number of benzene rings is 3. The first-order chi connectivity index (χ1) is 19.3. The highest BCUT2D eigenvalue weighted by Crippen LogP contribution is 2.33. The second-order valence-corrected chi connectivity index (χ2v) is 10.4. The molecule has 202 valence electrons. The summed E-state index contributed by atoms with van der Waals surface area (Å²) in [5.74, 6) is 0.0441. The molecule has 0 radical (unpaired) electrons. The molecule has 1 amide bonds. The van der Waals surface area contributed by atoms with Crippen molar-refractivity contribution in [2.45, 2.75) is 4.90 Å². The molecule has 40 heavy (non-hydrogen) atoms. The van der Waals surface area contributed by atoms with E-state index < -0.39 is 10.0 Å². The fraction of sp³-hybridized carbons (Fsp3) is 0.0714. The lowest BCUT2D eigenvalue weighted by molar-refractivity contribution is -0.113. The molecule has 2 heterocycles. The van der Waals surface area contributed by atoms with Crippen molar-refractivity contribution in [3.8, 4) is 11.6 Å². The van der Waals surface area contributed by atoms with Crippen molar-refractivity contribution in [1.82, 2.24) is 9.97 Å². The van der Waals surface area contributed by atoms with E-state index in [9.17, 15) is 13.2 Å². The summed E-state index contributed by atoms with van der Waals surface area (Å²) in [6, 6.07) is 22.2. The zero-order valence-electron chi connectivity index (χ0n) is 21.3. The van der Waals surface area contributed by atoms with Crippen LogP contribution in [-0.4, -0.2) is 44.3 Å². The number of aliphatic imine (C=N–C) groups is 1. The molecule has 12 heteroatoms. The van der Waals surface area contributed by atoms with Gasteiger partial charge in [-0.2, -0.15) is 4.98 Å². The fourth-order valence-corrected chi connectivity index (χ4v) is 5.20. The third-order valence-electron chi connectivity index (χ3n) is 5.89. The van der Waals surface area contributed by atoms with Crippen molar-refractivity contribution in [3.05, 3.63) is 107 Å². The predicted molar refractivity (Wildman–Crippen MR) is 152 cm³/mol. The summed E-state index contributed by atoms with van der Waals surface area (Å²) in [6.45, 7) is 0. The number of halogens is 1. The maximum absolute atomic E-state index is 13.6. The molecule has 1 aliphatic rings. The minimum atomic E-state index is -4.08. The number of carbonyl (C=O) groups excluding carboxylic acids is 1. The van der Waals surface area contributed by atoms with Crippen LogP contribution in [0.3, 0.4) is 0 Å². The van der Waals surface area contributed by atoms with Gasteiger partial charge in [0.2, 0.25) is 5.75 Å². The van der Waals surface area contributed by atoms with Crippen molar-refractivity contribution in [3.63, 3.8) is 0 Å². The molecule has 0 atom stereocenters. The number of aromatic nitrogens is 2. The third-order valence-corrected chi connectivity index (χ3v) is 7.59. The smallest absolute Gasteiger partial charge is 0.282 e. The van der Waals surface area contributed by atoms with Crippen LogP contribution in [-0.2, 0) is 14.8 Å². The number of anilines is 2. The van der Waals surface area contributed by atoms with Crippen LogP contribution >= 0.6 is 11.6 Å². The maximum atomic E-state index is 13.6. The van der Waals surface area contributed by atoms with Gasteiger partial charge < -0.3 is 9.47 Å². The lowest BCUT2D eigenvalue weighted by atomic mass is 10.1. The molecule has 0 bridgehead atoms. The quantitative estimate of drug-likeness (QED) is 0.300. The Morgan fingerprint density at radius 2 is 1.60 bits per heavy atom. The van der Waals surface area contributed by atoms with Gasteiger partial charge in [-0.05, 0) is 42.0 Å². The monoisotopic (exact) mass is 575 g/mol. The first-order valence-corrected chi connectivity index (χ1v) is 13.7. The third kappa shape index (κ3) is 5.24. The highest BCUT2D eigenvalue weighted by atomic mass is 35.5. The molecule has 5 rings (SSSR count). The van der Waals surface area contributed by atoms with E-state index >= 15 is 0 Å². The number of nitrogens with one attached hydrogen (secondary N) is 1. The van der Waals surface area contributed by atoms with Gasteiger partial charge in [-0.1, -0.05) is 60.1 Å². The first kappa shape index (κ1) is 26.9. The highest BCUT2D eigenvalue weighted by molar-refractivity contribution is 7.92. The van der Waals surface area contributed by atoms with Crippen molar-refractivity contribution in [2.24, 2.45) is 4.99 Å². The Hall–Kier alpha value is -4.74. The summed E-state index contributed by atoms with van der Waals surface area (Å²) < 4.78 is 39.0. The molecule has 0 unspecified atom stereocenters. The van der Waals surface area contributed by atoms with Crippen molar-refractivity contribution < 1.29 is 22.7 Å². The predicted octanol–water partition coefficient (Wildman–Crippen LogP) is 4.78. The number of carbonyl (C=O) groups is 1. The fourth-order valence-electron chi connectivity index (χ4n) is 4.00. The number of methoxy groups -OCH3 is 2. The zero-order valence-corrected chi connectivity index (χ0v) is 22.8. The van der Waals surface area contributed by atoms with Gasteiger partial charge >= 0.3 is 0 Å². The van der Waals surface area contributed by atoms with E-state index in [4.69, 9.17) is 21.1 Å². The minimum Gasteiger partial charge on any atom is -0.489 e. The number of hydrogen-bond donors (Lipinski definition) is 1. The number of nitrogens with zero attached hydrogens (tertiary/aromatic N) is 4. The molecule has 0 fully saturated rings. The molecule has 1 aliphatic heterocycles. The van der Waals surface area contributed by atoms with E-state index in [1.54, 1.807) is 24.3 Å². The topological polar surface area (TPSA) is 123 Å². The second-order valence-electron chi connectivity index (χ2n) is 8.36. The van der Waals surface area contributed by atoms with Crippen molar-refractivity contribution in [2.75, 3.05) is 23.8 Å². The largest absolute Gasteiger partial charge is 0.489 e. The molecule has 1 N–H and O–H groups in total. The number of sulfonamides is 1. The van der Waals surface area contributed by atoms with Crippen LogP contribution in [0.1, 0.15) is 11.1 Å². The van der Waals surface area contributed by atoms with Crippen LogP contribution in [0.25, 0.3) is 6.08 Å². The lowest BCUT2D eigenvalue weighted by Crippen LogP contribution is -2.32. The molecule has 0 saturated carbocycles. The minimum absolute atomic E-state index is 0.0365. The molecular formula is C28H22ClN5O5S. The van der Waals surface area contributed by atoms with Gasteiger partial charge in [0, 0.05) is 10.6 Å². The number of amidine groups is 1. The van der Waals surface area contributed by atoms with Gasteiger partial charge in [-0.15, -0.1) is 0 Å². The Morgan fingerprint density at radius 1 is 0.900 bits per heavy atom. The van der Waals surface area contributed by atoms with Gasteiger partial charge in [0.1, 0.15) is 17.9 Å². The summed E-state index contributed by atoms with van der Waals surface area (Å²) in [6.07, 6.45) is 2.78. The number of rotatable bonds is 8. The standard InChI is InChI=1S/C28H22ClN5O5S/c1-38-24-25(30-17-31-27(24)39-2)33-40(36,37)21-14-12-20(13-15-21)34-26(18-8-4-3-5-9-18)32-23(28(34)35)16-19-10-6-7-11-22(19)29/h3-17H,1-2H3,(H,30,31,33)/b23-16-. The molecular weight excluding hydrogens is 554 g/mol. The Morgan fingerprint density at radius 3 is 2.27 bits per heavy atom. The van der Waals surface area contributed by atoms with Crippen molar-refractivity contribution in [1.29, 1.82) is 0 Å². The molecule has 3 aromatic carbocycles. The van der Waals surface area contributed by atoms with Gasteiger partial charge in [0.15, 0.2) is 5.82 Å². The number of amides is 1. The average molecular weight is 576 g/mol. The van der Waals surface area contributed by atoms with Gasteiger partial charge in [-0.3, -0.25) is 14.4 Å². The highest BCUT2D eigenvalue weighted by Gasteiger charge is 2.33. The molecule has 1 aromatic heterocycles. The summed E-state index contributed by atoms with van der Waals surface area (Å²) in [5.41, 5.74) is 1.97. The summed E-state index contributed by atoms with van der Waals surface area (Å²) in [5, 5.41) is 0.484. The van der Waals surface area contributed by atoms with Crippen molar-refractivity contribution >= 4 is 50.9 Å². The van der Waals surface area contributed by atoms with Crippen LogP contribution < -0.4 is 19.1 Å². The Labute approximate surface area is 235 Å². The van der Waals surface area contributed by atoms with Gasteiger partial charge in [-0.25, -0.2) is 18.4 Å². The molecule has 0 saturated heterocycles. The molecule has 0 aliphatic carbocycles. The van der Waals surface area contributed by atoms with Crippen LogP contribution in [0.2, 0.25) is 5.02 Å². The van der Waals surface area contributed by atoms with Crippen LogP contribution in [0.5, 0.6) is 11.6 Å². The van der Waals surface area contributed by atoms with E-state index in [2.05, 4.69) is 19.7 Å². The Kier molecular flexibility index (Phi) is 7.50. The van der Waals surface area contributed by atoms with E-state index in [0.717, 1.165) is 6.33 Å². The molecule has 4 aromatic rings. The van der Waals surface area contributed by atoms with Gasteiger partial charge in [0.25, 0.3) is 21.8 Å². The number of hydrogen-bond acceptors (Lipinski definition) is 8. The van der Waals surface area contributed by atoms with Crippen LogP contribution in [0.15, 0.2) is 101 Å². The SMILES string of the molecule is COc1ncnc(NS(=O)(=O)c2ccc(N3C(=O)/C(=C/c4ccccc4Cl)N=C3c3ccccc3)cc2)c1OC. The van der Waals surface area contributed by atoms with Crippen LogP contribution in [0.4, 0.5) is 11.5 Å². The number of ether oxygens (including phenoxy) is 2. The zero-order chi connectivity index (χ0) is 28.3. The summed E-state index contributed by atoms with van der Waals surface area (Å²) in [4.78, 5) is 27.4. The summed E-state index contributed by atoms with van der Waals surface area (Å²) >= 11 is 6.31. The Balaban J connectivity index is 1.49. The maximum Gasteiger partial charge on any atom is 0.282 e. The van der Waals surface area contributed by atoms with Gasteiger partial charge in [0.05, 0.1) is 24.8 Å². The van der Waals surface area contributed by atoms with E-state index in [0.29, 0.717) is 27.7 Å². The normalized spacial score (nSPS) is 14.3. The molecule has 0 spiro atoms. The second kappa shape index (κ2) is 11.2. The Bertz CT molecular complexity index is 1740. The molecule has 10 nitrogen and oxygen atoms in total. The average Bonchev–Trinajstić information content (AvgIpc) is 3.30.